The number of hydrogen-bond donors (Lipinski definition) is 0. The van der Waals surface area contributed by atoms with Crippen molar-refractivity contribution in [3.05, 3.63) is 34.2 Å². The summed E-state index contributed by atoms with van der Waals surface area (Å²) < 4.78 is 41.2. The standard InChI is InChI=1S/C15H16BrF3S/c1-9(2)11-5-6-12-8-13(10-3-4-10)20(16,14(12)7-11)15(17,18)19/h5-10H,3-4H2,1-2H3. The summed E-state index contributed by atoms with van der Waals surface area (Å²) >= 11 is 3.15. The maximum Gasteiger partial charge on any atom is 0.442 e. The van der Waals surface area contributed by atoms with Crippen molar-refractivity contribution >= 4 is 29.4 Å². The van der Waals surface area contributed by atoms with Crippen LogP contribution < -0.4 is 0 Å². The molecule has 1 fully saturated rings. The van der Waals surface area contributed by atoms with E-state index in [4.69, 9.17) is 0 Å². The zero-order chi connectivity index (χ0) is 14.7. The highest BCUT2D eigenvalue weighted by Gasteiger charge is 2.58. The smallest absolute Gasteiger partial charge is 0.160 e. The van der Waals surface area contributed by atoms with Crippen LogP contribution in [0.3, 0.4) is 0 Å². The van der Waals surface area contributed by atoms with Crippen molar-refractivity contribution in [1.29, 1.82) is 0 Å². The average Bonchev–Trinajstić information content (AvgIpc) is 3.13. The maximum atomic E-state index is 13.7. The molecule has 0 N–H and O–H groups in total. The average molecular weight is 365 g/mol. The number of fused-ring (bicyclic) bond motifs is 1. The lowest BCUT2D eigenvalue weighted by Gasteiger charge is -2.35. The van der Waals surface area contributed by atoms with Gasteiger partial charge in [-0.2, -0.15) is 13.2 Å². The molecule has 1 aliphatic carbocycles. The van der Waals surface area contributed by atoms with E-state index < -0.39 is 14.0 Å². The molecule has 1 aromatic carbocycles. The molecule has 0 amide bonds. The van der Waals surface area contributed by atoms with Gasteiger partial charge in [0.1, 0.15) is 0 Å². The van der Waals surface area contributed by atoms with Gasteiger partial charge < -0.3 is 0 Å². The third kappa shape index (κ3) is 2.05. The van der Waals surface area contributed by atoms with E-state index in [1.54, 1.807) is 12.1 Å². The molecular weight excluding hydrogens is 349 g/mol. The number of rotatable bonds is 2. The Bertz CT molecular complexity index is 587. The molecule has 3 rings (SSSR count). The van der Waals surface area contributed by atoms with E-state index >= 15 is 0 Å². The van der Waals surface area contributed by atoms with Gasteiger partial charge in [0.25, 0.3) is 0 Å². The van der Waals surface area contributed by atoms with Crippen molar-refractivity contribution in [1.82, 2.24) is 0 Å². The third-order valence-electron chi connectivity index (χ3n) is 3.93. The van der Waals surface area contributed by atoms with E-state index in [1.807, 2.05) is 26.0 Å². The molecule has 2 aliphatic rings. The Hall–Kier alpha value is -0.420. The quantitative estimate of drug-likeness (QED) is 0.556. The summed E-state index contributed by atoms with van der Waals surface area (Å²) in [6.45, 7) is 4.01. The van der Waals surface area contributed by atoms with Crippen LogP contribution in [-0.4, -0.2) is 5.51 Å². The van der Waals surface area contributed by atoms with Gasteiger partial charge in [0.05, 0.1) is 0 Å². The van der Waals surface area contributed by atoms with Gasteiger partial charge in [-0.25, -0.2) is 0 Å². The van der Waals surface area contributed by atoms with Gasteiger partial charge in [-0.15, -0.1) is 0 Å². The normalized spacial score (nSPS) is 29.1. The fraction of sp³-hybridized carbons (Fsp3) is 0.467. The third-order valence-corrected chi connectivity index (χ3v) is 9.90. The summed E-state index contributed by atoms with van der Waals surface area (Å²) in [4.78, 5) is 1.01. The number of halogens is 4. The lowest BCUT2D eigenvalue weighted by atomic mass is 10.0. The molecule has 20 heavy (non-hydrogen) atoms. The summed E-state index contributed by atoms with van der Waals surface area (Å²) in [5.41, 5.74) is -2.53. The second-order valence-electron chi connectivity index (χ2n) is 5.76. The Morgan fingerprint density at radius 1 is 1.25 bits per heavy atom. The molecule has 0 radical (unpaired) electrons. The first-order valence-electron chi connectivity index (χ1n) is 6.70. The minimum atomic E-state index is -4.23. The van der Waals surface area contributed by atoms with Crippen molar-refractivity contribution in [2.75, 3.05) is 0 Å². The summed E-state index contributed by atoms with van der Waals surface area (Å²) in [6, 6.07) is 5.54. The molecule has 1 heterocycles. The molecule has 1 saturated carbocycles. The first-order valence-corrected chi connectivity index (χ1v) is 10.2. The largest absolute Gasteiger partial charge is 0.442 e. The van der Waals surface area contributed by atoms with Crippen LogP contribution in [0.4, 0.5) is 13.2 Å². The summed E-state index contributed by atoms with van der Waals surface area (Å²) in [6.07, 6.45) is 3.54. The molecule has 0 spiro atoms. The van der Waals surface area contributed by atoms with Crippen molar-refractivity contribution in [2.45, 2.75) is 43.0 Å². The molecular formula is C15H16BrF3S. The van der Waals surface area contributed by atoms with Crippen LogP contribution in [0.25, 0.3) is 6.08 Å². The van der Waals surface area contributed by atoms with Crippen LogP contribution in [0, 0.1) is 5.92 Å². The van der Waals surface area contributed by atoms with Gasteiger partial charge in [-0.3, -0.25) is 0 Å². The topological polar surface area (TPSA) is 0 Å². The van der Waals surface area contributed by atoms with E-state index in [1.165, 1.54) is 0 Å². The van der Waals surface area contributed by atoms with Gasteiger partial charge in [0.2, 0.25) is 0 Å². The van der Waals surface area contributed by atoms with Crippen LogP contribution in [0.5, 0.6) is 0 Å². The number of allylic oxidation sites excluding steroid dienone is 1. The Morgan fingerprint density at radius 3 is 2.40 bits per heavy atom. The molecule has 1 aromatic rings. The zero-order valence-corrected chi connectivity index (χ0v) is 13.7. The minimum Gasteiger partial charge on any atom is -0.160 e. The Kier molecular flexibility index (Phi) is 3.29. The van der Waals surface area contributed by atoms with E-state index in [0.717, 1.165) is 24.0 Å². The first kappa shape index (κ1) is 14.5. The first-order chi connectivity index (χ1) is 9.25. The fourth-order valence-electron chi connectivity index (χ4n) is 2.61. The van der Waals surface area contributed by atoms with E-state index in [2.05, 4.69) is 14.8 Å². The summed E-state index contributed by atoms with van der Waals surface area (Å²) in [5.74, 6) is 0.343. The van der Waals surface area contributed by atoms with Gasteiger partial charge in [-0.05, 0) is 76.1 Å². The molecule has 5 heteroatoms. The Morgan fingerprint density at radius 2 is 1.90 bits per heavy atom. The van der Waals surface area contributed by atoms with Crippen molar-refractivity contribution in [2.24, 2.45) is 5.92 Å². The predicted molar refractivity (Wildman–Crippen MR) is 82.1 cm³/mol. The second kappa shape index (κ2) is 4.54. The van der Waals surface area contributed by atoms with Crippen LogP contribution >= 0.6 is 23.3 Å². The van der Waals surface area contributed by atoms with E-state index in [9.17, 15) is 13.2 Å². The highest BCUT2D eigenvalue weighted by Crippen LogP contribution is 2.83. The molecule has 1 aliphatic heterocycles. The number of benzene rings is 1. The SMILES string of the molecule is CC(C)c1ccc2c(c1)S(Br)(C(F)(F)F)C(C1CC1)=C2. The summed E-state index contributed by atoms with van der Waals surface area (Å²) in [5, 5.41) is 0. The van der Waals surface area contributed by atoms with Crippen LogP contribution in [0.1, 0.15) is 43.7 Å². The van der Waals surface area contributed by atoms with Crippen molar-refractivity contribution in [3.8, 4) is 0 Å². The Labute approximate surface area is 126 Å². The monoisotopic (exact) mass is 364 g/mol. The molecule has 0 bridgehead atoms. The maximum absolute atomic E-state index is 13.7. The molecule has 0 nitrogen and oxygen atoms in total. The molecule has 1 unspecified atom stereocenters. The van der Waals surface area contributed by atoms with Gasteiger partial charge in [-0.1, -0.05) is 26.0 Å². The van der Waals surface area contributed by atoms with Crippen LogP contribution in [0.2, 0.25) is 0 Å². The summed E-state index contributed by atoms with van der Waals surface area (Å²) in [7, 11) is -3.04. The minimum absolute atomic E-state index is 0.112. The van der Waals surface area contributed by atoms with E-state index in [0.29, 0.717) is 9.80 Å². The van der Waals surface area contributed by atoms with Crippen molar-refractivity contribution in [3.63, 3.8) is 0 Å². The van der Waals surface area contributed by atoms with Gasteiger partial charge in [0, 0.05) is 4.90 Å². The van der Waals surface area contributed by atoms with Crippen LogP contribution in [-0.2, 0) is 0 Å². The second-order valence-corrected chi connectivity index (χ2v) is 11.1. The number of hydrogen-bond acceptors (Lipinski definition) is 0. The fourth-order valence-corrected chi connectivity index (χ4v) is 7.03. The molecule has 0 aromatic heterocycles. The predicted octanol–water partition coefficient (Wildman–Crippen LogP) is 6.57. The zero-order valence-electron chi connectivity index (χ0n) is 11.3. The Balaban J connectivity index is 2.17. The molecule has 0 saturated heterocycles. The molecule has 1 atom stereocenters. The number of alkyl halides is 3. The lowest BCUT2D eigenvalue weighted by molar-refractivity contribution is -0.0356. The highest BCUT2D eigenvalue weighted by atomic mass is 79.9. The van der Waals surface area contributed by atoms with Crippen molar-refractivity contribution < 1.29 is 13.2 Å². The lowest BCUT2D eigenvalue weighted by Crippen LogP contribution is -2.16. The van der Waals surface area contributed by atoms with E-state index in [-0.39, 0.29) is 11.8 Å². The highest BCUT2D eigenvalue weighted by molar-refractivity contribution is 9.59. The van der Waals surface area contributed by atoms with Gasteiger partial charge >= 0.3 is 5.51 Å². The van der Waals surface area contributed by atoms with Crippen LogP contribution in [0.15, 0.2) is 28.0 Å². The van der Waals surface area contributed by atoms with Gasteiger partial charge in [0.15, 0.2) is 0 Å². The molecule has 110 valence electrons.